The largest absolute Gasteiger partial charge is 0.456 e. The van der Waals surface area contributed by atoms with Gasteiger partial charge in [-0.1, -0.05) is 23.2 Å². The van der Waals surface area contributed by atoms with E-state index in [0.29, 0.717) is 16.4 Å². The molecular formula is C15H10Cl2N4O3S. The molecule has 3 aromatic rings. The molecule has 0 radical (unpaired) electrons. The topological polar surface area (TPSA) is 87.0 Å². The van der Waals surface area contributed by atoms with Gasteiger partial charge in [0, 0.05) is 16.5 Å². The summed E-state index contributed by atoms with van der Waals surface area (Å²) in [6, 6.07) is 6.28. The SMILES string of the molecule is O=C(Cn1nnc(-c2ccsc2)n1)OCC(=O)c1ccc(Cl)c(Cl)c1. The summed E-state index contributed by atoms with van der Waals surface area (Å²) in [4.78, 5) is 24.9. The molecule has 0 aliphatic carbocycles. The van der Waals surface area contributed by atoms with Crippen LogP contribution in [-0.2, 0) is 16.1 Å². The monoisotopic (exact) mass is 396 g/mol. The molecule has 0 N–H and O–H groups in total. The molecule has 0 fully saturated rings. The first-order chi connectivity index (χ1) is 12.0. The lowest BCUT2D eigenvalue weighted by Crippen LogP contribution is -2.19. The number of tetrazole rings is 1. The number of carbonyl (C=O) groups excluding carboxylic acids is 2. The highest BCUT2D eigenvalue weighted by atomic mass is 35.5. The van der Waals surface area contributed by atoms with E-state index in [1.54, 1.807) is 0 Å². The van der Waals surface area contributed by atoms with Crippen molar-refractivity contribution in [2.45, 2.75) is 6.54 Å². The molecule has 2 heterocycles. The van der Waals surface area contributed by atoms with Crippen molar-refractivity contribution < 1.29 is 14.3 Å². The number of rotatable bonds is 6. The molecule has 3 rings (SSSR count). The summed E-state index contributed by atoms with van der Waals surface area (Å²) in [5, 5.41) is 16.1. The first-order valence-corrected chi connectivity index (χ1v) is 8.67. The number of esters is 1. The number of hydrogen-bond acceptors (Lipinski definition) is 7. The Labute approximate surface area is 156 Å². The number of carbonyl (C=O) groups is 2. The third-order valence-corrected chi connectivity index (χ3v) is 4.53. The predicted octanol–water partition coefficient (Wildman–Crippen LogP) is 3.13. The molecule has 0 spiro atoms. The van der Waals surface area contributed by atoms with Crippen LogP contribution in [0.1, 0.15) is 10.4 Å². The number of halogens is 2. The first kappa shape index (κ1) is 17.5. The van der Waals surface area contributed by atoms with Crippen molar-refractivity contribution in [3.63, 3.8) is 0 Å². The lowest BCUT2D eigenvalue weighted by atomic mass is 10.1. The lowest BCUT2D eigenvalue weighted by molar-refractivity contribution is -0.143. The molecule has 0 aliphatic heterocycles. The molecule has 0 saturated heterocycles. The minimum atomic E-state index is -0.650. The smallest absolute Gasteiger partial charge is 0.330 e. The highest BCUT2D eigenvalue weighted by Crippen LogP contribution is 2.22. The fraction of sp³-hybridized carbons (Fsp3) is 0.133. The zero-order valence-corrected chi connectivity index (χ0v) is 14.9. The van der Waals surface area contributed by atoms with E-state index in [2.05, 4.69) is 15.4 Å². The summed E-state index contributed by atoms with van der Waals surface area (Å²) in [6.07, 6.45) is 0. The molecule has 2 aromatic heterocycles. The maximum absolute atomic E-state index is 12.0. The summed E-state index contributed by atoms with van der Waals surface area (Å²) >= 11 is 13.2. The summed E-state index contributed by atoms with van der Waals surface area (Å²) in [6.45, 7) is -0.658. The molecule has 0 saturated carbocycles. The number of aromatic nitrogens is 4. The molecule has 7 nitrogen and oxygen atoms in total. The van der Waals surface area contributed by atoms with Crippen LogP contribution in [0.5, 0.6) is 0 Å². The van der Waals surface area contributed by atoms with Gasteiger partial charge in [0.05, 0.1) is 10.0 Å². The average Bonchev–Trinajstić information content (AvgIpc) is 3.26. The Kier molecular flexibility index (Phi) is 5.42. The van der Waals surface area contributed by atoms with Crippen LogP contribution in [0.3, 0.4) is 0 Å². The van der Waals surface area contributed by atoms with Gasteiger partial charge in [0.15, 0.2) is 18.9 Å². The van der Waals surface area contributed by atoms with Crippen molar-refractivity contribution in [3.8, 4) is 11.4 Å². The fourth-order valence-electron chi connectivity index (χ4n) is 1.88. The Hall–Kier alpha value is -2.29. The van der Waals surface area contributed by atoms with Crippen molar-refractivity contribution in [2.75, 3.05) is 6.61 Å². The number of Topliss-reactive ketones (excluding diaryl/α,β-unsaturated/α-hetero) is 1. The van der Waals surface area contributed by atoms with E-state index in [1.165, 1.54) is 29.5 Å². The Balaban J connectivity index is 1.54. The van der Waals surface area contributed by atoms with Crippen LogP contribution in [-0.4, -0.2) is 38.6 Å². The second-order valence-corrected chi connectivity index (χ2v) is 6.46. The molecule has 25 heavy (non-hydrogen) atoms. The second-order valence-electron chi connectivity index (χ2n) is 4.87. The standard InChI is InChI=1S/C15H10Cl2N4O3S/c16-11-2-1-9(5-12(11)17)13(22)7-24-14(23)6-21-19-15(18-20-21)10-3-4-25-8-10/h1-5,8H,6-7H2. The third-order valence-electron chi connectivity index (χ3n) is 3.11. The quantitative estimate of drug-likeness (QED) is 0.469. The van der Waals surface area contributed by atoms with Gasteiger partial charge in [0.1, 0.15) is 0 Å². The van der Waals surface area contributed by atoms with Gasteiger partial charge in [-0.15, -0.1) is 10.2 Å². The van der Waals surface area contributed by atoms with Crippen LogP contribution >= 0.6 is 34.5 Å². The molecule has 0 amide bonds. The van der Waals surface area contributed by atoms with Crippen LogP contribution < -0.4 is 0 Å². The fourth-order valence-corrected chi connectivity index (χ4v) is 2.81. The van der Waals surface area contributed by atoms with Crippen LogP contribution in [0, 0.1) is 0 Å². The van der Waals surface area contributed by atoms with E-state index in [4.69, 9.17) is 27.9 Å². The van der Waals surface area contributed by atoms with Crippen molar-refractivity contribution in [1.82, 2.24) is 20.2 Å². The van der Waals surface area contributed by atoms with Crippen molar-refractivity contribution in [3.05, 3.63) is 50.6 Å². The number of benzene rings is 1. The van der Waals surface area contributed by atoms with Gasteiger partial charge < -0.3 is 4.74 Å². The van der Waals surface area contributed by atoms with Gasteiger partial charge >= 0.3 is 5.97 Å². The van der Waals surface area contributed by atoms with E-state index >= 15 is 0 Å². The summed E-state index contributed by atoms with van der Waals surface area (Å²) in [7, 11) is 0. The Morgan fingerprint density at radius 1 is 1.20 bits per heavy atom. The number of thiophene rings is 1. The van der Waals surface area contributed by atoms with E-state index in [-0.39, 0.29) is 11.6 Å². The molecule has 0 unspecified atom stereocenters. The molecule has 1 aromatic carbocycles. The van der Waals surface area contributed by atoms with Crippen LogP contribution in [0.15, 0.2) is 35.0 Å². The van der Waals surface area contributed by atoms with E-state index < -0.39 is 18.4 Å². The Morgan fingerprint density at radius 2 is 2.04 bits per heavy atom. The third kappa shape index (κ3) is 4.41. The Bertz CT molecular complexity index is 911. The van der Waals surface area contributed by atoms with Crippen LogP contribution in [0.4, 0.5) is 0 Å². The average molecular weight is 397 g/mol. The minimum absolute atomic E-state index is 0.244. The number of hydrogen-bond donors (Lipinski definition) is 0. The predicted molar refractivity (Wildman–Crippen MR) is 92.9 cm³/mol. The maximum atomic E-state index is 12.0. The van der Waals surface area contributed by atoms with E-state index in [1.807, 2.05) is 16.8 Å². The maximum Gasteiger partial charge on any atom is 0.330 e. The number of nitrogens with zero attached hydrogens (tertiary/aromatic N) is 4. The zero-order valence-electron chi connectivity index (χ0n) is 12.6. The van der Waals surface area contributed by atoms with Gasteiger partial charge in [-0.05, 0) is 34.9 Å². The van der Waals surface area contributed by atoms with Gasteiger partial charge in [0.2, 0.25) is 5.82 Å². The van der Waals surface area contributed by atoms with Gasteiger partial charge in [-0.25, -0.2) is 4.79 Å². The molecule has 0 atom stereocenters. The summed E-state index contributed by atoms with van der Waals surface area (Å²) < 4.78 is 4.94. The van der Waals surface area contributed by atoms with E-state index in [0.717, 1.165) is 10.4 Å². The molecular weight excluding hydrogens is 387 g/mol. The minimum Gasteiger partial charge on any atom is -0.456 e. The summed E-state index contributed by atoms with van der Waals surface area (Å²) in [5.41, 5.74) is 1.13. The molecule has 128 valence electrons. The van der Waals surface area contributed by atoms with Gasteiger partial charge in [-0.3, -0.25) is 4.79 Å². The normalized spacial score (nSPS) is 10.6. The second kappa shape index (κ2) is 7.73. The molecule has 10 heteroatoms. The highest BCUT2D eigenvalue weighted by molar-refractivity contribution is 7.08. The highest BCUT2D eigenvalue weighted by Gasteiger charge is 2.14. The van der Waals surface area contributed by atoms with E-state index in [9.17, 15) is 9.59 Å². The van der Waals surface area contributed by atoms with Crippen LogP contribution in [0.25, 0.3) is 11.4 Å². The van der Waals surface area contributed by atoms with Gasteiger partial charge in [0.25, 0.3) is 0 Å². The van der Waals surface area contributed by atoms with Gasteiger partial charge in [-0.2, -0.15) is 16.1 Å². The number of ether oxygens (including phenoxy) is 1. The van der Waals surface area contributed by atoms with Crippen LogP contribution in [0.2, 0.25) is 10.0 Å². The number of ketones is 1. The first-order valence-electron chi connectivity index (χ1n) is 6.97. The summed E-state index contributed by atoms with van der Waals surface area (Å²) in [5.74, 6) is -0.624. The Morgan fingerprint density at radius 3 is 2.76 bits per heavy atom. The van der Waals surface area contributed by atoms with Crippen molar-refractivity contribution >= 4 is 46.3 Å². The van der Waals surface area contributed by atoms with Crippen molar-refractivity contribution in [2.24, 2.45) is 0 Å². The zero-order chi connectivity index (χ0) is 17.8. The molecule has 0 aliphatic rings. The lowest BCUT2D eigenvalue weighted by Gasteiger charge is -2.04. The molecule has 0 bridgehead atoms. The van der Waals surface area contributed by atoms with Crippen molar-refractivity contribution in [1.29, 1.82) is 0 Å².